The molecular weight excluding hydrogens is 247 g/mol. The zero-order valence-corrected chi connectivity index (χ0v) is 12.5. The first kappa shape index (κ1) is 15.3. The van der Waals surface area contributed by atoms with Crippen molar-refractivity contribution in [3.8, 4) is 0 Å². The van der Waals surface area contributed by atoms with Crippen molar-refractivity contribution < 1.29 is 4.39 Å². The summed E-state index contributed by atoms with van der Waals surface area (Å²) in [6.07, 6.45) is 16.9. The highest BCUT2D eigenvalue weighted by atomic mass is 19.1. The molecule has 1 saturated carbocycles. The molecule has 0 spiro atoms. The summed E-state index contributed by atoms with van der Waals surface area (Å²) in [6, 6.07) is 6.97. The number of allylic oxidation sites excluding steroid dienone is 1. The van der Waals surface area contributed by atoms with Gasteiger partial charge in [0, 0.05) is 0 Å². The van der Waals surface area contributed by atoms with Crippen LogP contribution in [-0.4, -0.2) is 0 Å². The van der Waals surface area contributed by atoms with E-state index in [-0.39, 0.29) is 5.82 Å². The van der Waals surface area contributed by atoms with E-state index in [4.69, 9.17) is 0 Å². The molecule has 1 aliphatic rings. The number of hydrogen-bond acceptors (Lipinski definition) is 0. The van der Waals surface area contributed by atoms with Crippen LogP contribution in [0.3, 0.4) is 0 Å². The molecule has 1 heteroatoms. The maximum absolute atomic E-state index is 13.3. The number of halogens is 1. The second kappa shape index (κ2) is 8.94. The smallest absolute Gasteiger partial charge is 0.123 e. The van der Waals surface area contributed by atoms with Gasteiger partial charge in [-0.1, -0.05) is 68.7 Å². The summed E-state index contributed by atoms with van der Waals surface area (Å²) in [5, 5.41) is 0. The molecule has 0 N–H and O–H groups in total. The standard InChI is InChI=1S/C19H27F/c20-19-14-10-13-18(16-19)15-17-11-8-6-4-2-1-3-5-7-9-12-17/h10,13-16H,1-9,11-12H2. The van der Waals surface area contributed by atoms with E-state index >= 15 is 0 Å². The summed E-state index contributed by atoms with van der Waals surface area (Å²) in [5.74, 6) is -0.132. The van der Waals surface area contributed by atoms with Crippen molar-refractivity contribution in [2.24, 2.45) is 0 Å². The normalized spacial score (nSPS) is 18.9. The molecule has 0 radical (unpaired) electrons. The zero-order valence-electron chi connectivity index (χ0n) is 12.5. The van der Waals surface area contributed by atoms with E-state index in [9.17, 15) is 4.39 Å². The van der Waals surface area contributed by atoms with Crippen molar-refractivity contribution in [3.63, 3.8) is 0 Å². The Labute approximate surface area is 123 Å². The molecule has 0 heterocycles. The molecule has 0 aliphatic heterocycles. The van der Waals surface area contributed by atoms with Crippen LogP contribution in [0.1, 0.15) is 76.2 Å². The Morgan fingerprint density at radius 3 is 1.85 bits per heavy atom. The predicted octanol–water partition coefficient (Wildman–Crippen LogP) is 6.51. The van der Waals surface area contributed by atoms with Crippen molar-refractivity contribution in [3.05, 3.63) is 41.2 Å². The van der Waals surface area contributed by atoms with Crippen LogP contribution in [0.2, 0.25) is 0 Å². The van der Waals surface area contributed by atoms with E-state index in [1.165, 1.54) is 82.3 Å². The van der Waals surface area contributed by atoms with Gasteiger partial charge in [0.1, 0.15) is 5.82 Å². The molecule has 1 aromatic carbocycles. The van der Waals surface area contributed by atoms with Crippen molar-refractivity contribution in [1.29, 1.82) is 0 Å². The Morgan fingerprint density at radius 2 is 1.30 bits per heavy atom. The van der Waals surface area contributed by atoms with Gasteiger partial charge in [-0.3, -0.25) is 0 Å². The van der Waals surface area contributed by atoms with E-state index in [0.717, 1.165) is 5.56 Å². The Balaban J connectivity index is 1.97. The first-order valence-electron chi connectivity index (χ1n) is 8.29. The molecule has 0 bridgehead atoms. The largest absolute Gasteiger partial charge is 0.207 e. The van der Waals surface area contributed by atoms with Crippen LogP contribution < -0.4 is 0 Å². The van der Waals surface area contributed by atoms with E-state index in [1.807, 2.05) is 6.07 Å². The highest BCUT2D eigenvalue weighted by Crippen LogP contribution is 2.22. The van der Waals surface area contributed by atoms with Crippen LogP contribution in [0.15, 0.2) is 29.8 Å². The maximum atomic E-state index is 13.3. The van der Waals surface area contributed by atoms with Gasteiger partial charge in [-0.05, 0) is 43.4 Å². The Bertz CT molecular complexity index is 406. The van der Waals surface area contributed by atoms with Gasteiger partial charge in [0.25, 0.3) is 0 Å². The van der Waals surface area contributed by atoms with Crippen molar-refractivity contribution in [1.82, 2.24) is 0 Å². The monoisotopic (exact) mass is 274 g/mol. The summed E-state index contributed by atoms with van der Waals surface area (Å²) in [6.45, 7) is 0. The SMILES string of the molecule is Fc1cccc(C=C2CCCCCCCCCCC2)c1. The third kappa shape index (κ3) is 5.90. The van der Waals surface area contributed by atoms with Crippen LogP contribution in [0, 0.1) is 5.82 Å². The molecular formula is C19H27F. The minimum atomic E-state index is -0.132. The molecule has 0 atom stereocenters. The minimum absolute atomic E-state index is 0.132. The molecule has 2 rings (SSSR count). The molecule has 110 valence electrons. The van der Waals surface area contributed by atoms with Gasteiger partial charge in [-0.15, -0.1) is 0 Å². The van der Waals surface area contributed by atoms with Crippen LogP contribution >= 0.6 is 0 Å². The number of hydrogen-bond donors (Lipinski definition) is 0. The average molecular weight is 274 g/mol. The van der Waals surface area contributed by atoms with Gasteiger partial charge in [0.15, 0.2) is 0 Å². The lowest BCUT2D eigenvalue weighted by molar-refractivity contribution is 0.541. The summed E-state index contributed by atoms with van der Waals surface area (Å²) in [7, 11) is 0. The van der Waals surface area contributed by atoms with E-state index in [1.54, 1.807) is 12.1 Å². The highest BCUT2D eigenvalue weighted by Gasteiger charge is 2.02. The Hall–Kier alpha value is -1.11. The van der Waals surface area contributed by atoms with Crippen LogP contribution in [0.5, 0.6) is 0 Å². The van der Waals surface area contributed by atoms with E-state index in [2.05, 4.69) is 6.08 Å². The molecule has 1 aliphatic carbocycles. The second-order valence-electron chi connectivity index (χ2n) is 6.04. The summed E-state index contributed by atoms with van der Waals surface area (Å²) in [4.78, 5) is 0. The van der Waals surface area contributed by atoms with Gasteiger partial charge < -0.3 is 0 Å². The lowest BCUT2D eigenvalue weighted by atomic mass is 9.96. The Kier molecular flexibility index (Phi) is 6.83. The average Bonchev–Trinajstić information content (AvgIpc) is 2.42. The summed E-state index contributed by atoms with van der Waals surface area (Å²) < 4.78 is 13.3. The third-order valence-corrected chi connectivity index (χ3v) is 4.22. The van der Waals surface area contributed by atoms with Crippen LogP contribution in [-0.2, 0) is 0 Å². The summed E-state index contributed by atoms with van der Waals surface area (Å²) >= 11 is 0. The van der Waals surface area contributed by atoms with Crippen molar-refractivity contribution >= 4 is 6.08 Å². The first-order chi connectivity index (χ1) is 9.84. The quantitative estimate of drug-likeness (QED) is 0.547. The fourth-order valence-corrected chi connectivity index (χ4v) is 3.04. The van der Waals surface area contributed by atoms with Crippen LogP contribution in [0.25, 0.3) is 6.08 Å². The van der Waals surface area contributed by atoms with Gasteiger partial charge in [-0.2, -0.15) is 0 Å². The minimum Gasteiger partial charge on any atom is -0.207 e. The topological polar surface area (TPSA) is 0 Å². The van der Waals surface area contributed by atoms with Gasteiger partial charge >= 0.3 is 0 Å². The predicted molar refractivity (Wildman–Crippen MR) is 85.2 cm³/mol. The lowest BCUT2D eigenvalue weighted by Crippen LogP contribution is -1.90. The maximum Gasteiger partial charge on any atom is 0.123 e. The molecule has 0 nitrogen and oxygen atoms in total. The first-order valence-corrected chi connectivity index (χ1v) is 8.29. The van der Waals surface area contributed by atoms with Crippen LogP contribution in [0.4, 0.5) is 4.39 Å². The van der Waals surface area contributed by atoms with Crippen molar-refractivity contribution in [2.45, 2.75) is 70.6 Å². The number of rotatable bonds is 1. The second-order valence-corrected chi connectivity index (χ2v) is 6.04. The Morgan fingerprint density at radius 1 is 0.750 bits per heavy atom. The van der Waals surface area contributed by atoms with Crippen molar-refractivity contribution in [2.75, 3.05) is 0 Å². The lowest BCUT2D eigenvalue weighted by Gasteiger charge is -2.10. The fraction of sp³-hybridized carbons (Fsp3) is 0.579. The zero-order chi connectivity index (χ0) is 14.0. The molecule has 20 heavy (non-hydrogen) atoms. The fourth-order valence-electron chi connectivity index (χ4n) is 3.04. The number of benzene rings is 1. The molecule has 1 fully saturated rings. The van der Waals surface area contributed by atoms with E-state index in [0.29, 0.717) is 0 Å². The summed E-state index contributed by atoms with van der Waals surface area (Å²) in [5.41, 5.74) is 2.53. The molecule has 0 saturated heterocycles. The molecule has 1 aromatic rings. The third-order valence-electron chi connectivity index (χ3n) is 4.22. The van der Waals surface area contributed by atoms with E-state index < -0.39 is 0 Å². The van der Waals surface area contributed by atoms with Gasteiger partial charge in [-0.25, -0.2) is 4.39 Å². The molecule has 0 unspecified atom stereocenters. The molecule has 0 aromatic heterocycles. The van der Waals surface area contributed by atoms with Gasteiger partial charge in [0.05, 0.1) is 0 Å². The molecule has 0 amide bonds. The van der Waals surface area contributed by atoms with Gasteiger partial charge in [0.2, 0.25) is 0 Å². The highest BCUT2D eigenvalue weighted by molar-refractivity contribution is 5.52.